The number of hydrogen-bond acceptors (Lipinski definition) is 2. The number of methoxy groups -OCH3 is 1. The lowest BCUT2D eigenvalue weighted by atomic mass is 10.1. The fourth-order valence-electron chi connectivity index (χ4n) is 1.24. The molecule has 1 aromatic carbocycles. The van der Waals surface area contributed by atoms with E-state index < -0.39 is 0 Å². The molecule has 0 heterocycles. The van der Waals surface area contributed by atoms with Gasteiger partial charge in [0.25, 0.3) is 0 Å². The molecule has 0 unspecified atom stereocenters. The zero-order chi connectivity index (χ0) is 10.6. The predicted molar refractivity (Wildman–Crippen MR) is 65.8 cm³/mol. The summed E-state index contributed by atoms with van der Waals surface area (Å²) in [5.74, 6) is 0.939. The van der Waals surface area contributed by atoms with Gasteiger partial charge in [-0.3, -0.25) is 0 Å². The predicted octanol–water partition coefficient (Wildman–Crippen LogP) is 3.40. The summed E-state index contributed by atoms with van der Waals surface area (Å²) >= 11 is 2.30. The Labute approximate surface area is 98.7 Å². The lowest BCUT2D eigenvalue weighted by Gasteiger charge is -2.14. The average Bonchev–Trinajstić information content (AvgIpc) is 2.20. The molecule has 0 bridgehead atoms. The van der Waals surface area contributed by atoms with Gasteiger partial charge in [0.15, 0.2) is 0 Å². The molecule has 0 spiro atoms. The van der Waals surface area contributed by atoms with Gasteiger partial charge in [0.2, 0.25) is 0 Å². The first-order chi connectivity index (χ1) is 6.70. The van der Waals surface area contributed by atoms with Crippen LogP contribution in [0.4, 0.5) is 0 Å². The van der Waals surface area contributed by atoms with E-state index in [-0.39, 0.29) is 6.10 Å². The third-order valence-electron chi connectivity index (χ3n) is 2.08. The summed E-state index contributed by atoms with van der Waals surface area (Å²) in [5.41, 5.74) is 1.18. The van der Waals surface area contributed by atoms with Crippen molar-refractivity contribution in [3.05, 3.63) is 27.3 Å². The first-order valence-electron chi connectivity index (χ1n) is 4.64. The smallest absolute Gasteiger partial charge is 0.132 e. The van der Waals surface area contributed by atoms with E-state index in [0.717, 1.165) is 9.32 Å². The van der Waals surface area contributed by atoms with E-state index >= 15 is 0 Å². The Kier molecular flexibility index (Phi) is 4.68. The fourth-order valence-corrected chi connectivity index (χ4v) is 2.19. The Hall–Kier alpha value is -0.290. The summed E-state index contributed by atoms with van der Waals surface area (Å²) in [6.45, 7) is 4.72. The van der Waals surface area contributed by atoms with Crippen molar-refractivity contribution in [2.45, 2.75) is 20.0 Å². The van der Waals surface area contributed by atoms with E-state index in [1.807, 2.05) is 26.0 Å². The van der Waals surface area contributed by atoms with Crippen molar-refractivity contribution in [1.82, 2.24) is 0 Å². The first kappa shape index (κ1) is 11.8. The summed E-state index contributed by atoms with van der Waals surface area (Å²) < 4.78 is 11.9. The Morgan fingerprint density at radius 3 is 2.71 bits per heavy atom. The molecule has 0 aliphatic rings. The lowest BCUT2D eigenvalue weighted by molar-refractivity contribution is 0.118. The second-order valence-electron chi connectivity index (χ2n) is 2.97. The SMILES string of the molecule is CCOc1cccc([C@@H](C)OC)c1I. The van der Waals surface area contributed by atoms with Gasteiger partial charge in [0.1, 0.15) is 5.75 Å². The van der Waals surface area contributed by atoms with Gasteiger partial charge in [-0.1, -0.05) is 12.1 Å². The topological polar surface area (TPSA) is 18.5 Å². The van der Waals surface area contributed by atoms with Crippen molar-refractivity contribution >= 4 is 22.6 Å². The van der Waals surface area contributed by atoms with Crippen molar-refractivity contribution in [3.63, 3.8) is 0 Å². The standard InChI is InChI=1S/C11H15IO2/c1-4-14-10-7-5-6-9(11(10)12)8(2)13-3/h5-8H,4H2,1-3H3/t8-/m1/s1. The molecule has 0 amide bonds. The maximum absolute atomic E-state index is 5.51. The second kappa shape index (κ2) is 5.56. The van der Waals surface area contributed by atoms with E-state index in [9.17, 15) is 0 Å². The molecular weight excluding hydrogens is 291 g/mol. The summed E-state index contributed by atoms with van der Waals surface area (Å²) in [4.78, 5) is 0. The van der Waals surface area contributed by atoms with E-state index in [2.05, 4.69) is 28.7 Å². The number of halogens is 1. The molecule has 2 nitrogen and oxygen atoms in total. The van der Waals surface area contributed by atoms with Gasteiger partial charge in [-0.05, 0) is 48.1 Å². The molecule has 3 heteroatoms. The van der Waals surface area contributed by atoms with Crippen molar-refractivity contribution < 1.29 is 9.47 Å². The number of ether oxygens (including phenoxy) is 2. The Bertz CT molecular complexity index is 299. The maximum Gasteiger partial charge on any atom is 0.132 e. The molecule has 0 fully saturated rings. The van der Waals surface area contributed by atoms with E-state index in [0.29, 0.717) is 6.61 Å². The highest BCUT2D eigenvalue weighted by atomic mass is 127. The lowest BCUT2D eigenvalue weighted by Crippen LogP contribution is -2.01. The molecule has 1 atom stereocenters. The Morgan fingerprint density at radius 2 is 2.14 bits per heavy atom. The first-order valence-corrected chi connectivity index (χ1v) is 5.72. The highest BCUT2D eigenvalue weighted by Crippen LogP contribution is 2.29. The van der Waals surface area contributed by atoms with Crippen molar-refractivity contribution in [2.24, 2.45) is 0 Å². The Morgan fingerprint density at radius 1 is 1.43 bits per heavy atom. The van der Waals surface area contributed by atoms with Crippen LogP contribution < -0.4 is 4.74 Å². The third kappa shape index (κ3) is 2.60. The molecule has 0 radical (unpaired) electrons. The van der Waals surface area contributed by atoms with Gasteiger partial charge in [-0.15, -0.1) is 0 Å². The van der Waals surface area contributed by atoms with Gasteiger partial charge >= 0.3 is 0 Å². The molecule has 0 saturated heterocycles. The van der Waals surface area contributed by atoms with Crippen LogP contribution in [0.5, 0.6) is 5.75 Å². The number of hydrogen-bond donors (Lipinski definition) is 0. The summed E-state index contributed by atoms with van der Waals surface area (Å²) in [7, 11) is 1.72. The quantitative estimate of drug-likeness (QED) is 0.794. The van der Waals surface area contributed by atoms with Crippen LogP contribution in [0.15, 0.2) is 18.2 Å². The molecule has 78 valence electrons. The van der Waals surface area contributed by atoms with Gasteiger partial charge in [-0.2, -0.15) is 0 Å². The molecule has 0 aliphatic carbocycles. The number of benzene rings is 1. The number of rotatable bonds is 4. The summed E-state index contributed by atoms with van der Waals surface area (Å²) in [6, 6.07) is 6.05. The summed E-state index contributed by atoms with van der Waals surface area (Å²) in [5, 5.41) is 0. The van der Waals surface area contributed by atoms with Crippen LogP contribution in [-0.4, -0.2) is 13.7 Å². The van der Waals surface area contributed by atoms with Crippen LogP contribution in [0.25, 0.3) is 0 Å². The van der Waals surface area contributed by atoms with Gasteiger partial charge < -0.3 is 9.47 Å². The van der Waals surface area contributed by atoms with Crippen molar-refractivity contribution in [3.8, 4) is 5.75 Å². The molecule has 0 saturated carbocycles. The minimum Gasteiger partial charge on any atom is -0.493 e. The fraction of sp³-hybridized carbons (Fsp3) is 0.455. The molecule has 0 N–H and O–H groups in total. The van der Waals surface area contributed by atoms with Crippen molar-refractivity contribution in [2.75, 3.05) is 13.7 Å². The van der Waals surface area contributed by atoms with E-state index in [1.165, 1.54) is 5.56 Å². The van der Waals surface area contributed by atoms with Gasteiger partial charge in [-0.25, -0.2) is 0 Å². The molecule has 1 rings (SSSR count). The van der Waals surface area contributed by atoms with E-state index in [4.69, 9.17) is 9.47 Å². The van der Waals surface area contributed by atoms with E-state index in [1.54, 1.807) is 7.11 Å². The molecular formula is C11H15IO2. The zero-order valence-electron chi connectivity index (χ0n) is 8.71. The Balaban J connectivity index is 3.00. The average molecular weight is 306 g/mol. The van der Waals surface area contributed by atoms with Crippen LogP contribution in [0.3, 0.4) is 0 Å². The second-order valence-corrected chi connectivity index (χ2v) is 4.05. The zero-order valence-corrected chi connectivity index (χ0v) is 10.9. The van der Waals surface area contributed by atoms with Gasteiger partial charge in [0, 0.05) is 7.11 Å². The largest absolute Gasteiger partial charge is 0.493 e. The highest BCUT2D eigenvalue weighted by molar-refractivity contribution is 14.1. The maximum atomic E-state index is 5.51. The van der Waals surface area contributed by atoms with Crippen molar-refractivity contribution in [1.29, 1.82) is 0 Å². The minimum atomic E-state index is 0.113. The molecule has 14 heavy (non-hydrogen) atoms. The van der Waals surface area contributed by atoms with Crippen LogP contribution >= 0.6 is 22.6 Å². The van der Waals surface area contributed by atoms with Crippen LogP contribution in [-0.2, 0) is 4.74 Å². The monoisotopic (exact) mass is 306 g/mol. The molecule has 0 aliphatic heterocycles. The minimum absolute atomic E-state index is 0.113. The van der Waals surface area contributed by atoms with Crippen LogP contribution in [0, 0.1) is 3.57 Å². The molecule has 1 aromatic rings. The third-order valence-corrected chi connectivity index (χ3v) is 3.24. The van der Waals surface area contributed by atoms with Crippen LogP contribution in [0.2, 0.25) is 0 Å². The summed E-state index contributed by atoms with van der Waals surface area (Å²) in [6.07, 6.45) is 0.113. The highest BCUT2D eigenvalue weighted by Gasteiger charge is 2.11. The van der Waals surface area contributed by atoms with Crippen LogP contribution in [0.1, 0.15) is 25.5 Å². The normalized spacial score (nSPS) is 12.6. The molecule has 0 aromatic heterocycles. The van der Waals surface area contributed by atoms with Gasteiger partial charge in [0.05, 0.1) is 16.3 Å².